The quantitative estimate of drug-likeness (QED) is 0.462. The average Bonchev–Trinajstić information content (AvgIpc) is 3.36. The number of piperazine rings is 1. The maximum atomic E-state index is 14.0. The minimum Gasteiger partial charge on any atom is -0.493 e. The first-order valence-electron chi connectivity index (χ1n) is 13.8. The lowest BCUT2D eigenvalue weighted by Gasteiger charge is -2.47. The minimum absolute atomic E-state index is 0.00468. The number of nitrogens with one attached hydrogen (secondary N) is 1. The molecule has 3 aliphatic rings. The maximum absolute atomic E-state index is 14.0. The summed E-state index contributed by atoms with van der Waals surface area (Å²) in [6.45, 7) is 4.81. The zero-order valence-corrected chi connectivity index (χ0v) is 23.3. The molecule has 3 aromatic rings. The second kappa shape index (κ2) is 11.0. The van der Waals surface area contributed by atoms with Crippen LogP contribution in [0.5, 0.6) is 17.2 Å². The molecule has 2 fully saturated rings. The van der Waals surface area contributed by atoms with E-state index in [4.69, 9.17) is 18.9 Å². The van der Waals surface area contributed by atoms with E-state index in [1.165, 1.54) is 0 Å². The molecule has 1 N–H and O–H groups in total. The van der Waals surface area contributed by atoms with Crippen molar-refractivity contribution in [1.82, 2.24) is 19.7 Å². The number of hydrogen-bond donors (Lipinski definition) is 1. The van der Waals surface area contributed by atoms with Gasteiger partial charge >= 0.3 is 0 Å². The number of H-pyrrole nitrogens is 1. The highest BCUT2D eigenvalue weighted by molar-refractivity contribution is 5.97. The number of nitrogens with zero attached hydrogens (tertiary/aromatic N) is 3. The molecule has 212 valence electrons. The molecule has 10 nitrogen and oxygen atoms in total. The Morgan fingerprint density at radius 1 is 0.975 bits per heavy atom. The first kappa shape index (κ1) is 26.5. The minimum atomic E-state index is -0.597. The summed E-state index contributed by atoms with van der Waals surface area (Å²) in [6.07, 6.45) is 1.28. The lowest BCUT2D eigenvalue weighted by molar-refractivity contribution is -0.158. The lowest BCUT2D eigenvalue weighted by atomic mass is 9.86. The Labute approximate surface area is 233 Å². The second-order valence-corrected chi connectivity index (χ2v) is 10.5. The van der Waals surface area contributed by atoms with Crippen LogP contribution in [0.4, 0.5) is 0 Å². The van der Waals surface area contributed by atoms with Crippen LogP contribution in [0.15, 0.2) is 36.4 Å². The SMILES string of the molecule is COc1cc([C@@H]2c3[nH]c4ccccc4c3C[C@@H]3C(=O)N(CCCN4CCOCC4)CC(=O)N23)cc(OC)c1OC. The normalized spacial score (nSPS) is 21.4. The molecule has 2 amide bonds. The summed E-state index contributed by atoms with van der Waals surface area (Å²) in [7, 11) is 4.71. The highest BCUT2D eigenvalue weighted by Gasteiger charge is 2.48. The van der Waals surface area contributed by atoms with Gasteiger partial charge in [-0.15, -0.1) is 0 Å². The van der Waals surface area contributed by atoms with Crippen LogP contribution in [-0.2, 0) is 20.7 Å². The predicted octanol–water partition coefficient (Wildman–Crippen LogP) is 2.60. The van der Waals surface area contributed by atoms with E-state index >= 15 is 0 Å². The fourth-order valence-electron chi connectivity index (χ4n) is 6.43. The van der Waals surface area contributed by atoms with Crippen LogP contribution in [0.3, 0.4) is 0 Å². The third-order valence-corrected chi connectivity index (χ3v) is 8.35. The maximum Gasteiger partial charge on any atom is 0.246 e. The number of aromatic amines is 1. The van der Waals surface area contributed by atoms with E-state index in [2.05, 4.69) is 16.0 Å². The summed E-state index contributed by atoms with van der Waals surface area (Å²) in [5.41, 5.74) is 3.74. The number of benzene rings is 2. The zero-order valence-electron chi connectivity index (χ0n) is 23.3. The van der Waals surface area contributed by atoms with Crippen LogP contribution < -0.4 is 14.2 Å². The Morgan fingerprint density at radius 2 is 1.70 bits per heavy atom. The molecule has 10 heteroatoms. The molecule has 2 atom stereocenters. The highest BCUT2D eigenvalue weighted by Crippen LogP contribution is 2.47. The van der Waals surface area contributed by atoms with Gasteiger partial charge in [0, 0.05) is 49.2 Å². The highest BCUT2D eigenvalue weighted by atomic mass is 16.5. The Bertz CT molecular complexity index is 1390. The molecule has 0 spiro atoms. The number of para-hydroxylation sites is 1. The van der Waals surface area contributed by atoms with Crippen LogP contribution in [0, 0.1) is 0 Å². The van der Waals surface area contributed by atoms with Gasteiger partial charge in [0.25, 0.3) is 0 Å². The van der Waals surface area contributed by atoms with Crippen molar-refractivity contribution in [2.24, 2.45) is 0 Å². The summed E-state index contributed by atoms with van der Waals surface area (Å²) >= 11 is 0. The molecule has 1 aromatic heterocycles. The molecule has 0 saturated carbocycles. The summed E-state index contributed by atoms with van der Waals surface area (Å²) in [4.78, 5) is 37.3. The monoisotopic (exact) mass is 548 g/mol. The first-order chi connectivity index (χ1) is 19.5. The smallest absolute Gasteiger partial charge is 0.246 e. The van der Waals surface area contributed by atoms with Gasteiger partial charge in [-0.1, -0.05) is 18.2 Å². The molecule has 2 saturated heterocycles. The number of fused-ring (bicyclic) bond motifs is 4. The fourth-order valence-corrected chi connectivity index (χ4v) is 6.43. The number of aromatic nitrogens is 1. The number of methoxy groups -OCH3 is 3. The van der Waals surface area contributed by atoms with E-state index < -0.39 is 12.1 Å². The van der Waals surface area contributed by atoms with Crippen LogP contribution in [0.25, 0.3) is 10.9 Å². The molecule has 0 unspecified atom stereocenters. The van der Waals surface area contributed by atoms with E-state index in [-0.39, 0.29) is 18.4 Å². The van der Waals surface area contributed by atoms with Gasteiger partial charge in [0.05, 0.1) is 47.1 Å². The number of carbonyl (C=O) groups excluding carboxylic acids is 2. The standard InChI is InChI=1S/C30H36N4O6/c1-37-24-15-19(16-25(38-2)29(24)39-3)28-27-21(20-7-4-5-8-22(20)31-27)17-23-30(36)33(18-26(35)34(23)28)10-6-9-32-11-13-40-14-12-32/h4-5,7-8,15-16,23,28,31H,6,9-14,17-18H2,1-3H3/t23-,28-/m1/s1. The second-order valence-electron chi connectivity index (χ2n) is 10.5. The lowest BCUT2D eigenvalue weighted by Crippen LogP contribution is -2.63. The number of ether oxygens (including phenoxy) is 4. The van der Waals surface area contributed by atoms with E-state index in [1.807, 2.05) is 30.3 Å². The van der Waals surface area contributed by atoms with Gasteiger partial charge in [-0.25, -0.2) is 0 Å². The Balaban J connectivity index is 1.37. The van der Waals surface area contributed by atoms with Crippen molar-refractivity contribution in [2.75, 3.05) is 67.3 Å². The number of amides is 2. The Morgan fingerprint density at radius 3 is 2.40 bits per heavy atom. The molecule has 0 aliphatic carbocycles. The van der Waals surface area contributed by atoms with Crippen molar-refractivity contribution in [3.63, 3.8) is 0 Å². The van der Waals surface area contributed by atoms with Crippen molar-refractivity contribution >= 4 is 22.7 Å². The molecular formula is C30H36N4O6. The number of rotatable bonds is 8. The largest absolute Gasteiger partial charge is 0.493 e. The Hall–Kier alpha value is -3.76. The molecule has 6 rings (SSSR count). The fraction of sp³-hybridized carbons (Fsp3) is 0.467. The third kappa shape index (κ3) is 4.54. The molecular weight excluding hydrogens is 512 g/mol. The topological polar surface area (TPSA) is 96.6 Å². The zero-order chi connectivity index (χ0) is 27.8. The summed E-state index contributed by atoms with van der Waals surface area (Å²) < 4.78 is 22.3. The van der Waals surface area contributed by atoms with E-state index in [0.717, 1.165) is 67.0 Å². The summed E-state index contributed by atoms with van der Waals surface area (Å²) in [5, 5.41) is 1.07. The van der Waals surface area contributed by atoms with E-state index in [0.29, 0.717) is 30.2 Å². The molecule has 0 bridgehead atoms. The number of carbonyl (C=O) groups is 2. The molecule has 2 aromatic carbocycles. The van der Waals surface area contributed by atoms with Crippen LogP contribution in [-0.4, -0.2) is 105 Å². The van der Waals surface area contributed by atoms with Gasteiger partial charge in [0.2, 0.25) is 17.6 Å². The van der Waals surface area contributed by atoms with Crippen molar-refractivity contribution in [1.29, 1.82) is 0 Å². The van der Waals surface area contributed by atoms with Gasteiger partial charge in [-0.05, 0) is 35.7 Å². The van der Waals surface area contributed by atoms with E-state index in [9.17, 15) is 9.59 Å². The van der Waals surface area contributed by atoms with Crippen molar-refractivity contribution in [3.8, 4) is 17.2 Å². The van der Waals surface area contributed by atoms with Gasteiger partial charge < -0.3 is 33.7 Å². The van der Waals surface area contributed by atoms with Gasteiger partial charge in [-0.3, -0.25) is 14.5 Å². The van der Waals surface area contributed by atoms with Crippen LogP contribution >= 0.6 is 0 Å². The number of morpholine rings is 1. The molecule has 0 radical (unpaired) electrons. The van der Waals surface area contributed by atoms with Gasteiger partial charge in [0.15, 0.2) is 11.5 Å². The number of hydrogen-bond acceptors (Lipinski definition) is 7. The van der Waals surface area contributed by atoms with Crippen LogP contribution in [0.1, 0.15) is 29.3 Å². The van der Waals surface area contributed by atoms with E-state index in [1.54, 1.807) is 31.1 Å². The molecule has 3 aliphatic heterocycles. The van der Waals surface area contributed by atoms with Crippen molar-refractivity contribution in [2.45, 2.75) is 24.9 Å². The van der Waals surface area contributed by atoms with Gasteiger partial charge in [0.1, 0.15) is 6.04 Å². The predicted molar refractivity (Wildman–Crippen MR) is 149 cm³/mol. The molecule has 4 heterocycles. The first-order valence-corrected chi connectivity index (χ1v) is 13.8. The Kier molecular flexibility index (Phi) is 7.29. The van der Waals surface area contributed by atoms with Crippen molar-refractivity contribution in [3.05, 3.63) is 53.2 Å². The van der Waals surface area contributed by atoms with Gasteiger partial charge in [-0.2, -0.15) is 0 Å². The average molecular weight is 549 g/mol. The third-order valence-electron chi connectivity index (χ3n) is 8.35. The summed E-state index contributed by atoms with van der Waals surface area (Å²) in [6, 6.07) is 10.7. The van der Waals surface area contributed by atoms with Crippen LogP contribution in [0.2, 0.25) is 0 Å². The molecule has 40 heavy (non-hydrogen) atoms. The summed E-state index contributed by atoms with van der Waals surface area (Å²) in [5.74, 6) is 1.40. The van der Waals surface area contributed by atoms with Crippen molar-refractivity contribution < 1.29 is 28.5 Å².